The molecule has 0 aliphatic carbocycles. The van der Waals surface area contributed by atoms with Gasteiger partial charge in [0.05, 0.1) is 16.6 Å². The molecule has 3 rings (SSSR count). The van der Waals surface area contributed by atoms with Crippen LogP contribution in [0.15, 0.2) is 51.8 Å². The number of hydrogen-bond donors (Lipinski definition) is 1. The zero-order chi connectivity index (χ0) is 21.2. The van der Waals surface area contributed by atoms with E-state index in [2.05, 4.69) is 15.5 Å². The second-order valence-corrected chi connectivity index (χ2v) is 9.70. The number of amides is 1. The quantitative estimate of drug-likeness (QED) is 0.661. The van der Waals surface area contributed by atoms with Crippen LogP contribution < -0.4 is 5.32 Å². The standard InChI is InChI=1S/C21H23N3O4S/c1-13(2)29(26,27)17-9-7-16(8-10-17)12-19(25)22-21-24-23-20(28-21)18-11-14(3)5-6-15(18)4/h5-11,13H,12H2,1-4H3,(H,22,24,25). The first kappa shape index (κ1) is 20.7. The van der Waals surface area contributed by atoms with Crippen molar-refractivity contribution in [3.05, 3.63) is 59.2 Å². The SMILES string of the molecule is Cc1ccc(C)c(-c2nnc(NC(=O)Cc3ccc(S(=O)(=O)C(C)C)cc3)o2)c1. The molecule has 0 bridgehead atoms. The van der Waals surface area contributed by atoms with Crippen LogP contribution in [0.4, 0.5) is 6.01 Å². The van der Waals surface area contributed by atoms with E-state index in [1.54, 1.807) is 26.0 Å². The number of aromatic nitrogens is 2. The molecule has 0 radical (unpaired) electrons. The first-order valence-corrected chi connectivity index (χ1v) is 10.8. The van der Waals surface area contributed by atoms with Crippen LogP contribution in [0.3, 0.4) is 0 Å². The predicted molar refractivity (Wildman–Crippen MR) is 110 cm³/mol. The number of benzene rings is 2. The minimum atomic E-state index is -3.33. The van der Waals surface area contributed by atoms with Gasteiger partial charge in [-0.05, 0) is 57.0 Å². The molecule has 2 aromatic carbocycles. The van der Waals surface area contributed by atoms with E-state index < -0.39 is 15.1 Å². The highest BCUT2D eigenvalue weighted by atomic mass is 32.2. The van der Waals surface area contributed by atoms with Crippen molar-refractivity contribution in [1.82, 2.24) is 10.2 Å². The Hall–Kier alpha value is -3.00. The first-order chi connectivity index (χ1) is 13.7. The largest absolute Gasteiger partial charge is 0.403 e. The molecule has 1 aromatic heterocycles. The van der Waals surface area contributed by atoms with Crippen molar-refractivity contribution in [3.8, 4) is 11.5 Å². The van der Waals surface area contributed by atoms with E-state index in [0.717, 1.165) is 16.7 Å². The van der Waals surface area contributed by atoms with Gasteiger partial charge in [0.15, 0.2) is 9.84 Å². The Labute approximate surface area is 170 Å². The van der Waals surface area contributed by atoms with Gasteiger partial charge < -0.3 is 4.42 Å². The van der Waals surface area contributed by atoms with Crippen molar-refractivity contribution in [1.29, 1.82) is 0 Å². The minimum Gasteiger partial charge on any atom is -0.403 e. The fraction of sp³-hybridized carbons (Fsp3) is 0.286. The Balaban J connectivity index is 1.67. The molecule has 0 aliphatic rings. The second kappa shape index (κ2) is 8.16. The van der Waals surface area contributed by atoms with E-state index in [1.807, 2.05) is 32.0 Å². The van der Waals surface area contributed by atoms with Crippen molar-refractivity contribution in [2.45, 2.75) is 44.3 Å². The molecule has 0 fully saturated rings. The second-order valence-electron chi connectivity index (χ2n) is 7.19. The van der Waals surface area contributed by atoms with Crippen molar-refractivity contribution in [2.75, 3.05) is 5.32 Å². The fourth-order valence-corrected chi connectivity index (χ4v) is 3.83. The lowest BCUT2D eigenvalue weighted by atomic mass is 10.1. The summed E-state index contributed by atoms with van der Waals surface area (Å²) in [6.45, 7) is 7.18. The Kier molecular flexibility index (Phi) is 5.83. The van der Waals surface area contributed by atoms with Gasteiger partial charge in [0.25, 0.3) is 0 Å². The van der Waals surface area contributed by atoms with Gasteiger partial charge in [0.1, 0.15) is 0 Å². The van der Waals surface area contributed by atoms with Gasteiger partial charge in [-0.15, -0.1) is 5.10 Å². The summed E-state index contributed by atoms with van der Waals surface area (Å²) in [7, 11) is -3.33. The molecule has 8 heteroatoms. The smallest absolute Gasteiger partial charge is 0.322 e. The van der Waals surface area contributed by atoms with Gasteiger partial charge in [-0.25, -0.2) is 8.42 Å². The summed E-state index contributed by atoms with van der Waals surface area (Å²) in [5.74, 6) is 0.00498. The summed E-state index contributed by atoms with van der Waals surface area (Å²) in [4.78, 5) is 12.5. The number of sulfone groups is 1. The first-order valence-electron chi connectivity index (χ1n) is 9.20. The van der Waals surface area contributed by atoms with E-state index in [9.17, 15) is 13.2 Å². The number of nitrogens with zero attached hydrogens (tertiary/aromatic N) is 2. The average molecular weight is 413 g/mol. The van der Waals surface area contributed by atoms with Gasteiger partial charge in [-0.1, -0.05) is 34.9 Å². The lowest BCUT2D eigenvalue weighted by molar-refractivity contribution is -0.115. The monoisotopic (exact) mass is 413 g/mol. The average Bonchev–Trinajstić information content (AvgIpc) is 3.12. The Bertz CT molecular complexity index is 1130. The number of rotatable bonds is 6. The highest BCUT2D eigenvalue weighted by Crippen LogP contribution is 2.24. The van der Waals surface area contributed by atoms with Gasteiger partial charge in [0, 0.05) is 5.56 Å². The molecule has 0 atom stereocenters. The third-order valence-electron chi connectivity index (χ3n) is 4.53. The lowest BCUT2D eigenvalue weighted by Gasteiger charge is -2.08. The third-order valence-corrected chi connectivity index (χ3v) is 6.70. The van der Waals surface area contributed by atoms with Gasteiger partial charge in [0.2, 0.25) is 11.8 Å². The molecule has 0 unspecified atom stereocenters. The van der Waals surface area contributed by atoms with Gasteiger partial charge in [-0.2, -0.15) is 0 Å². The molecule has 1 amide bonds. The zero-order valence-electron chi connectivity index (χ0n) is 16.8. The Morgan fingerprint density at radius 1 is 1.07 bits per heavy atom. The minimum absolute atomic E-state index is 0.0184. The molecule has 3 aromatic rings. The number of hydrogen-bond acceptors (Lipinski definition) is 6. The molecular formula is C21H23N3O4S. The predicted octanol–water partition coefficient (Wildman–Crippen LogP) is 3.72. The molecule has 1 heterocycles. The van der Waals surface area contributed by atoms with Gasteiger partial charge in [-0.3, -0.25) is 10.1 Å². The Morgan fingerprint density at radius 2 is 1.76 bits per heavy atom. The summed E-state index contributed by atoms with van der Waals surface area (Å²) < 4.78 is 29.9. The van der Waals surface area contributed by atoms with E-state index in [4.69, 9.17) is 4.42 Å². The molecule has 0 saturated carbocycles. The molecule has 7 nitrogen and oxygen atoms in total. The maximum Gasteiger partial charge on any atom is 0.322 e. The highest BCUT2D eigenvalue weighted by Gasteiger charge is 2.19. The highest BCUT2D eigenvalue weighted by molar-refractivity contribution is 7.92. The van der Waals surface area contributed by atoms with Crippen LogP contribution in [0.1, 0.15) is 30.5 Å². The maximum atomic E-state index is 12.3. The molecule has 29 heavy (non-hydrogen) atoms. The molecular weight excluding hydrogens is 390 g/mol. The fourth-order valence-electron chi connectivity index (χ4n) is 2.77. The van der Waals surface area contributed by atoms with Crippen LogP contribution >= 0.6 is 0 Å². The van der Waals surface area contributed by atoms with Crippen LogP contribution in [0.5, 0.6) is 0 Å². The number of aryl methyl sites for hydroxylation is 2. The molecule has 152 valence electrons. The zero-order valence-corrected chi connectivity index (χ0v) is 17.6. The van der Waals surface area contributed by atoms with Crippen LogP contribution in [-0.4, -0.2) is 29.8 Å². The normalized spacial score (nSPS) is 11.6. The van der Waals surface area contributed by atoms with E-state index in [-0.39, 0.29) is 23.2 Å². The Morgan fingerprint density at radius 3 is 2.41 bits per heavy atom. The summed E-state index contributed by atoms with van der Waals surface area (Å²) in [5.41, 5.74) is 3.56. The van der Waals surface area contributed by atoms with E-state index >= 15 is 0 Å². The van der Waals surface area contributed by atoms with Crippen LogP contribution in [-0.2, 0) is 21.1 Å². The van der Waals surface area contributed by atoms with Crippen LogP contribution in [0, 0.1) is 13.8 Å². The lowest BCUT2D eigenvalue weighted by Crippen LogP contribution is -2.16. The third kappa shape index (κ3) is 4.71. The summed E-state index contributed by atoms with van der Waals surface area (Å²) in [5, 5.41) is 9.97. The molecule has 0 aliphatic heterocycles. The van der Waals surface area contributed by atoms with Crippen molar-refractivity contribution in [2.24, 2.45) is 0 Å². The topological polar surface area (TPSA) is 102 Å². The number of carbonyl (C=O) groups is 1. The molecule has 0 spiro atoms. The number of carbonyl (C=O) groups excluding carboxylic acids is 1. The van der Waals surface area contributed by atoms with E-state index in [0.29, 0.717) is 11.5 Å². The summed E-state index contributed by atoms with van der Waals surface area (Å²) in [6, 6.07) is 12.2. The number of nitrogens with one attached hydrogen (secondary N) is 1. The molecule has 1 N–H and O–H groups in total. The van der Waals surface area contributed by atoms with Crippen LogP contribution in [0.25, 0.3) is 11.5 Å². The van der Waals surface area contributed by atoms with Crippen molar-refractivity contribution in [3.63, 3.8) is 0 Å². The van der Waals surface area contributed by atoms with Gasteiger partial charge >= 0.3 is 6.01 Å². The van der Waals surface area contributed by atoms with Crippen molar-refractivity contribution < 1.29 is 17.6 Å². The van der Waals surface area contributed by atoms with Crippen LogP contribution in [0.2, 0.25) is 0 Å². The maximum absolute atomic E-state index is 12.3. The number of anilines is 1. The summed E-state index contributed by atoms with van der Waals surface area (Å²) >= 11 is 0. The molecule has 0 saturated heterocycles. The van der Waals surface area contributed by atoms with E-state index in [1.165, 1.54) is 12.1 Å². The summed E-state index contributed by atoms with van der Waals surface area (Å²) in [6.07, 6.45) is 0.0587. The van der Waals surface area contributed by atoms with Crippen molar-refractivity contribution >= 4 is 21.8 Å².